The average Bonchev–Trinajstić information content (AvgIpc) is 2.73. The monoisotopic (exact) mass is 405 g/mol. The van der Waals surface area contributed by atoms with Gasteiger partial charge in [-0.1, -0.05) is 52.3 Å². The average molecular weight is 406 g/mol. The Morgan fingerprint density at radius 1 is 1.10 bits per heavy atom. The molecule has 1 saturated carbocycles. The van der Waals surface area contributed by atoms with E-state index in [0.29, 0.717) is 11.8 Å². The highest BCUT2D eigenvalue weighted by Gasteiger charge is 2.54. The lowest BCUT2D eigenvalue weighted by atomic mass is 9.49. The number of benzene rings is 2. The second kappa shape index (κ2) is 7.76. The molecular weight excluding hydrogens is 370 g/mol. The third-order valence-electron chi connectivity index (χ3n) is 7.91. The lowest BCUT2D eigenvalue weighted by Gasteiger charge is -2.54. The first-order chi connectivity index (χ1) is 14.3. The zero-order chi connectivity index (χ0) is 21.5. The highest BCUT2D eigenvalue weighted by Crippen LogP contribution is 2.57. The van der Waals surface area contributed by atoms with Gasteiger partial charge in [-0.05, 0) is 83.9 Å². The Kier molecular flexibility index (Phi) is 5.42. The molecule has 2 aromatic carbocycles. The van der Waals surface area contributed by atoms with Crippen molar-refractivity contribution in [2.24, 2.45) is 11.3 Å². The molecule has 160 valence electrons. The second-order valence-electron chi connectivity index (χ2n) is 10.0. The minimum absolute atomic E-state index is 0.0628. The molecule has 1 fully saturated rings. The summed E-state index contributed by atoms with van der Waals surface area (Å²) >= 11 is 0. The Balaban J connectivity index is 1.63. The van der Waals surface area contributed by atoms with E-state index < -0.39 is 0 Å². The molecule has 0 saturated heterocycles. The standard InChI is InChI=1S/C27H35NO2/c1-18(2)19-7-13-23-20(17-19)8-14-24-26(23,3)15-6-16-27(24,4)25(29)28-21-9-11-22(30-5)12-10-21/h7,9-13,17-18,24H,6,8,14-16H2,1-5H3,(H,28,29)/t24-,26-,27-/m1/s1. The van der Waals surface area contributed by atoms with Crippen LogP contribution in [0.15, 0.2) is 42.5 Å². The minimum Gasteiger partial charge on any atom is -0.497 e. The molecule has 1 N–H and O–H groups in total. The summed E-state index contributed by atoms with van der Waals surface area (Å²) in [7, 11) is 1.66. The van der Waals surface area contributed by atoms with Gasteiger partial charge in [-0.25, -0.2) is 0 Å². The van der Waals surface area contributed by atoms with Gasteiger partial charge < -0.3 is 10.1 Å². The summed E-state index contributed by atoms with van der Waals surface area (Å²) in [6.45, 7) is 9.12. The number of rotatable bonds is 4. The van der Waals surface area contributed by atoms with Crippen molar-refractivity contribution in [3.05, 3.63) is 59.2 Å². The van der Waals surface area contributed by atoms with Crippen LogP contribution in [-0.2, 0) is 16.6 Å². The van der Waals surface area contributed by atoms with Crippen molar-refractivity contribution in [2.45, 2.75) is 71.1 Å². The molecule has 3 heteroatoms. The van der Waals surface area contributed by atoms with Crippen LogP contribution in [0.25, 0.3) is 0 Å². The van der Waals surface area contributed by atoms with E-state index in [1.807, 2.05) is 24.3 Å². The third kappa shape index (κ3) is 3.42. The van der Waals surface area contributed by atoms with Crippen LogP contribution in [0.4, 0.5) is 5.69 Å². The van der Waals surface area contributed by atoms with E-state index in [9.17, 15) is 4.79 Å². The number of carbonyl (C=O) groups excluding carboxylic acids is 1. The molecule has 2 aromatic rings. The summed E-state index contributed by atoms with van der Waals surface area (Å²) in [5.74, 6) is 1.86. The minimum atomic E-state index is -0.360. The molecule has 4 rings (SSSR count). The van der Waals surface area contributed by atoms with Gasteiger partial charge in [0.1, 0.15) is 5.75 Å². The van der Waals surface area contributed by atoms with Crippen LogP contribution in [0.3, 0.4) is 0 Å². The fourth-order valence-corrected chi connectivity index (χ4v) is 6.09. The van der Waals surface area contributed by atoms with Gasteiger partial charge in [0.05, 0.1) is 12.5 Å². The van der Waals surface area contributed by atoms with Crippen molar-refractivity contribution < 1.29 is 9.53 Å². The molecular formula is C27H35NO2. The third-order valence-corrected chi connectivity index (χ3v) is 7.91. The van der Waals surface area contributed by atoms with E-state index in [1.165, 1.54) is 16.7 Å². The number of hydrogen-bond acceptors (Lipinski definition) is 2. The fourth-order valence-electron chi connectivity index (χ4n) is 6.09. The van der Waals surface area contributed by atoms with Crippen LogP contribution < -0.4 is 10.1 Å². The summed E-state index contributed by atoms with van der Waals surface area (Å²) in [6.07, 6.45) is 5.36. The van der Waals surface area contributed by atoms with E-state index in [0.717, 1.165) is 43.5 Å². The Hall–Kier alpha value is -2.29. The smallest absolute Gasteiger partial charge is 0.230 e. The topological polar surface area (TPSA) is 38.3 Å². The molecule has 0 radical (unpaired) electrons. The van der Waals surface area contributed by atoms with Crippen LogP contribution in [0.2, 0.25) is 0 Å². The summed E-state index contributed by atoms with van der Waals surface area (Å²) in [5, 5.41) is 3.21. The maximum atomic E-state index is 13.6. The van der Waals surface area contributed by atoms with Crippen molar-refractivity contribution in [2.75, 3.05) is 12.4 Å². The van der Waals surface area contributed by atoms with Crippen molar-refractivity contribution >= 4 is 11.6 Å². The first-order valence-corrected chi connectivity index (χ1v) is 11.4. The van der Waals surface area contributed by atoms with Crippen LogP contribution >= 0.6 is 0 Å². The normalized spacial score (nSPS) is 27.9. The Morgan fingerprint density at radius 3 is 2.50 bits per heavy atom. The van der Waals surface area contributed by atoms with Gasteiger partial charge in [0.25, 0.3) is 0 Å². The number of amides is 1. The zero-order valence-electron chi connectivity index (χ0n) is 19.0. The molecule has 0 heterocycles. The van der Waals surface area contributed by atoms with Crippen LogP contribution in [0.5, 0.6) is 5.75 Å². The van der Waals surface area contributed by atoms with E-state index in [4.69, 9.17) is 4.74 Å². The Labute approximate surface area is 181 Å². The first-order valence-electron chi connectivity index (χ1n) is 11.4. The van der Waals surface area contributed by atoms with Crippen LogP contribution in [0.1, 0.15) is 76.0 Å². The molecule has 0 bridgehead atoms. The van der Waals surface area contributed by atoms with E-state index in [2.05, 4.69) is 51.2 Å². The number of hydrogen-bond donors (Lipinski definition) is 1. The molecule has 3 nitrogen and oxygen atoms in total. The predicted octanol–water partition coefficient (Wildman–Crippen LogP) is 6.47. The number of ether oxygens (including phenoxy) is 1. The molecule has 0 aromatic heterocycles. The molecule has 0 aliphatic heterocycles. The molecule has 2 aliphatic carbocycles. The summed E-state index contributed by atoms with van der Waals surface area (Å²) < 4.78 is 5.24. The number of methoxy groups -OCH3 is 1. The van der Waals surface area contributed by atoms with E-state index in [1.54, 1.807) is 7.11 Å². The van der Waals surface area contributed by atoms with Gasteiger partial charge in [-0.15, -0.1) is 0 Å². The zero-order valence-corrected chi connectivity index (χ0v) is 19.0. The van der Waals surface area contributed by atoms with Crippen LogP contribution in [0, 0.1) is 11.3 Å². The predicted molar refractivity (Wildman–Crippen MR) is 123 cm³/mol. The van der Waals surface area contributed by atoms with E-state index in [-0.39, 0.29) is 16.7 Å². The molecule has 2 aliphatic rings. The number of fused-ring (bicyclic) bond motifs is 3. The lowest BCUT2D eigenvalue weighted by molar-refractivity contribution is -0.133. The fraction of sp³-hybridized carbons (Fsp3) is 0.519. The van der Waals surface area contributed by atoms with Gasteiger partial charge in [0.2, 0.25) is 5.91 Å². The van der Waals surface area contributed by atoms with Crippen molar-refractivity contribution in [1.29, 1.82) is 0 Å². The lowest BCUT2D eigenvalue weighted by Crippen LogP contribution is -2.53. The Morgan fingerprint density at radius 2 is 1.83 bits per heavy atom. The van der Waals surface area contributed by atoms with Crippen molar-refractivity contribution in [3.8, 4) is 5.75 Å². The summed E-state index contributed by atoms with van der Waals surface area (Å²) in [4.78, 5) is 13.6. The highest BCUT2D eigenvalue weighted by molar-refractivity contribution is 5.95. The molecule has 3 atom stereocenters. The SMILES string of the molecule is COc1ccc(NC(=O)[C@]2(C)CCC[C@]3(C)c4ccc(C(C)C)cc4CC[C@@H]23)cc1. The van der Waals surface area contributed by atoms with Crippen molar-refractivity contribution in [3.63, 3.8) is 0 Å². The number of aryl methyl sites for hydroxylation is 1. The van der Waals surface area contributed by atoms with Crippen LogP contribution in [-0.4, -0.2) is 13.0 Å². The number of anilines is 1. The molecule has 0 unspecified atom stereocenters. The molecule has 1 amide bonds. The van der Waals surface area contributed by atoms with Crippen molar-refractivity contribution in [1.82, 2.24) is 0 Å². The van der Waals surface area contributed by atoms with Gasteiger partial charge in [0, 0.05) is 5.69 Å². The molecule has 30 heavy (non-hydrogen) atoms. The first kappa shape index (κ1) is 21.0. The number of carbonyl (C=O) groups is 1. The molecule has 0 spiro atoms. The maximum Gasteiger partial charge on any atom is 0.230 e. The highest BCUT2D eigenvalue weighted by atomic mass is 16.5. The summed E-state index contributed by atoms with van der Waals surface area (Å²) in [6, 6.07) is 14.7. The summed E-state index contributed by atoms with van der Waals surface area (Å²) in [5.41, 5.74) is 4.94. The van der Waals surface area contributed by atoms with E-state index >= 15 is 0 Å². The van der Waals surface area contributed by atoms with Gasteiger partial charge in [-0.3, -0.25) is 4.79 Å². The largest absolute Gasteiger partial charge is 0.497 e. The van der Waals surface area contributed by atoms with Gasteiger partial charge in [-0.2, -0.15) is 0 Å². The quantitative estimate of drug-likeness (QED) is 0.633. The Bertz CT molecular complexity index is 932. The number of nitrogens with one attached hydrogen (secondary N) is 1. The van der Waals surface area contributed by atoms with Gasteiger partial charge in [0.15, 0.2) is 0 Å². The maximum absolute atomic E-state index is 13.6. The second-order valence-corrected chi connectivity index (χ2v) is 10.0. The van der Waals surface area contributed by atoms with Gasteiger partial charge >= 0.3 is 0 Å².